The highest BCUT2D eigenvalue weighted by Crippen LogP contribution is 2.12. The average Bonchev–Trinajstić information content (AvgIpc) is 2.09. The van der Waals surface area contributed by atoms with Crippen molar-refractivity contribution >= 4 is 12.1 Å². The second kappa shape index (κ2) is 4.49. The first-order valence-electron chi connectivity index (χ1n) is 4.02. The molecular formula is C9H12N2O. The van der Waals surface area contributed by atoms with Crippen LogP contribution in [0.1, 0.15) is 19.0 Å². The fourth-order valence-electron chi connectivity index (χ4n) is 1.07. The molecule has 64 valence electrons. The highest BCUT2D eigenvalue weighted by atomic mass is 16.1. The molecule has 1 rings (SSSR count). The minimum absolute atomic E-state index is 0.677. The first-order valence-corrected chi connectivity index (χ1v) is 4.02. The molecule has 3 nitrogen and oxygen atoms in total. The molecular weight excluding hydrogens is 152 g/mol. The summed E-state index contributed by atoms with van der Waals surface area (Å²) in [6.07, 6.45) is 4.35. The van der Waals surface area contributed by atoms with Crippen molar-refractivity contribution in [2.45, 2.75) is 19.8 Å². The van der Waals surface area contributed by atoms with Crippen molar-refractivity contribution in [2.75, 3.05) is 5.32 Å². The summed E-state index contributed by atoms with van der Waals surface area (Å²) in [6, 6.07) is 3.66. The Morgan fingerprint density at radius 2 is 2.50 bits per heavy atom. The number of rotatable bonds is 4. The van der Waals surface area contributed by atoms with Crippen molar-refractivity contribution < 1.29 is 4.79 Å². The first kappa shape index (κ1) is 8.71. The average molecular weight is 164 g/mol. The van der Waals surface area contributed by atoms with Crippen molar-refractivity contribution in [3.63, 3.8) is 0 Å². The minimum atomic E-state index is 0.677. The molecule has 1 N–H and O–H groups in total. The van der Waals surface area contributed by atoms with Crippen molar-refractivity contribution in [2.24, 2.45) is 0 Å². The molecule has 0 spiro atoms. The van der Waals surface area contributed by atoms with Gasteiger partial charge >= 0.3 is 0 Å². The van der Waals surface area contributed by atoms with Gasteiger partial charge in [-0.1, -0.05) is 13.3 Å². The van der Waals surface area contributed by atoms with Gasteiger partial charge in [0.2, 0.25) is 6.41 Å². The lowest BCUT2D eigenvalue weighted by atomic mass is 10.2. The van der Waals surface area contributed by atoms with E-state index in [-0.39, 0.29) is 0 Å². The number of pyridine rings is 1. The predicted octanol–water partition coefficient (Wildman–Crippen LogP) is 1.60. The van der Waals surface area contributed by atoms with Crippen LogP contribution in [-0.4, -0.2) is 11.4 Å². The van der Waals surface area contributed by atoms with Gasteiger partial charge in [-0.05, 0) is 18.6 Å². The number of aromatic nitrogens is 1. The topological polar surface area (TPSA) is 42.0 Å². The van der Waals surface area contributed by atoms with Crippen molar-refractivity contribution in [1.82, 2.24) is 4.98 Å². The summed E-state index contributed by atoms with van der Waals surface area (Å²) >= 11 is 0. The van der Waals surface area contributed by atoms with Gasteiger partial charge in [0, 0.05) is 6.20 Å². The summed E-state index contributed by atoms with van der Waals surface area (Å²) in [7, 11) is 0. The van der Waals surface area contributed by atoms with E-state index in [0.717, 1.165) is 24.2 Å². The maximum Gasteiger partial charge on any atom is 0.211 e. The van der Waals surface area contributed by atoms with Gasteiger partial charge in [0.25, 0.3) is 0 Å². The van der Waals surface area contributed by atoms with Crippen LogP contribution in [0.15, 0.2) is 18.3 Å². The van der Waals surface area contributed by atoms with Gasteiger partial charge in [-0.25, -0.2) is 0 Å². The van der Waals surface area contributed by atoms with Crippen LogP contribution in [-0.2, 0) is 11.2 Å². The third-order valence-electron chi connectivity index (χ3n) is 1.59. The molecule has 0 aromatic carbocycles. The number of hydrogen-bond acceptors (Lipinski definition) is 2. The molecule has 0 aliphatic heterocycles. The minimum Gasteiger partial charge on any atom is -0.327 e. The first-order chi connectivity index (χ1) is 5.88. The molecule has 12 heavy (non-hydrogen) atoms. The van der Waals surface area contributed by atoms with Gasteiger partial charge in [-0.2, -0.15) is 0 Å². The molecule has 0 bridgehead atoms. The summed E-state index contributed by atoms with van der Waals surface area (Å²) in [5.41, 5.74) is 1.77. The lowest BCUT2D eigenvalue weighted by Crippen LogP contribution is -2.00. The lowest BCUT2D eigenvalue weighted by molar-refractivity contribution is -0.105. The summed E-state index contributed by atoms with van der Waals surface area (Å²) in [5.74, 6) is 0. The van der Waals surface area contributed by atoms with Crippen LogP contribution in [0, 0.1) is 0 Å². The van der Waals surface area contributed by atoms with Gasteiger partial charge in [0.1, 0.15) is 0 Å². The van der Waals surface area contributed by atoms with Crippen molar-refractivity contribution in [1.29, 1.82) is 0 Å². The highest BCUT2D eigenvalue weighted by Gasteiger charge is 1.99. The van der Waals surface area contributed by atoms with E-state index < -0.39 is 0 Å². The normalized spacial score (nSPS) is 9.42. The summed E-state index contributed by atoms with van der Waals surface area (Å²) < 4.78 is 0. The fraction of sp³-hybridized carbons (Fsp3) is 0.333. The zero-order valence-corrected chi connectivity index (χ0v) is 7.08. The van der Waals surface area contributed by atoms with Crippen LogP contribution in [0.5, 0.6) is 0 Å². The zero-order chi connectivity index (χ0) is 8.81. The number of amides is 1. The SMILES string of the molecule is CCCc1ncccc1NC=O. The monoisotopic (exact) mass is 164 g/mol. The number of nitrogens with one attached hydrogen (secondary N) is 1. The molecule has 1 amide bonds. The van der Waals surface area contributed by atoms with Gasteiger partial charge in [0.15, 0.2) is 0 Å². The summed E-state index contributed by atoms with van der Waals surface area (Å²) in [6.45, 7) is 2.08. The van der Waals surface area contributed by atoms with Gasteiger partial charge in [0.05, 0.1) is 11.4 Å². The molecule has 3 heteroatoms. The fourth-order valence-corrected chi connectivity index (χ4v) is 1.07. The number of aryl methyl sites for hydroxylation is 1. The van der Waals surface area contributed by atoms with Crippen molar-refractivity contribution in [3.8, 4) is 0 Å². The number of nitrogens with zero attached hydrogens (tertiary/aromatic N) is 1. The Morgan fingerprint density at radius 3 is 3.17 bits per heavy atom. The number of carbonyl (C=O) groups excluding carboxylic acids is 1. The Bertz CT molecular complexity index is 260. The quantitative estimate of drug-likeness (QED) is 0.687. The number of hydrogen-bond donors (Lipinski definition) is 1. The van der Waals surface area contributed by atoms with Crippen LogP contribution >= 0.6 is 0 Å². The van der Waals surface area contributed by atoms with E-state index in [0.29, 0.717) is 6.41 Å². The molecule has 0 saturated heterocycles. The molecule has 0 unspecified atom stereocenters. The summed E-state index contributed by atoms with van der Waals surface area (Å²) in [5, 5.41) is 2.62. The second-order valence-corrected chi connectivity index (χ2v) is 2.51. The molecule has 0 fully saturated rings. The van der Waals surface area contributed by atoms with E-state index in [1.807, 2.05) is 12.1 Å². The Kier molecular flexibility index (Phi) is 3.26. The Morgan fingerprint density at radius 1 is 1.67 bits per heavy atom. The number of carbonyl (C=O) groups is 1. The molecule has 1 heterocycles. The Hall–Kier alpha value is -1.38. The Labute approximate surface area is 71.8 Å². The van der Waals surface area contributed by atoms with Gasteiger partial charge in [-0.15, -0.1) is 0 Å². The van der Waals surface area contributed by atoms with E-state index in [1.165, 1.54) is 0 Å². The largest absolute Gasteiger partial charge is 0.327 e. The Balaban J connectivity index is 2.83. The molecule has 0 aliphatic rings. The maximum absolute atomic E-state index is 10.2. The molecule has 1 aromatic rings. The van der Waals surface area contributed by atoms with Crippen LogP contribution in [0.3, 0.4) is 0 Å². The van der Waals surface area contributed by atoms with Crippen LogP contribution in [0.25, 0.3) is 0 Å². The van der Waals surface area contributed by atoms with E-state index in [2.05, 4.69) is 17.2 Å². The number of anilines is 1. The molecule has 0 aliphatic carbocycles. The van der Waals surface area contributed by atoms with E-state index in [1.54, 1.807) is 6.20 Å². The second-order valence-electron chi connectivity index (χ2n) is 2.51. The standard InChI is InChI=1S/C9H12N2O/c1-2-4-8-9(11-7-12)5-3-6-10-8/h3,5-7H,2,4H2,1H3,(H,11,12). The van der Waals surface area contributed by atoms with E-state index >= 15 is 0 Å². The molecule has 1 aromatic heterocycles. The predicted molar refractivity (Wildman–Crippen MR) is 47.9 cm³/mol. The van der Waals surface area contributed by atoms with Crippen LogP contribution in [0.2, 0.25) is 0 Å². The van der Waals surface area contributed by atoms with Gasteiger partial charge < -0.3 is 5.32 Å². The van der Waals surface area contributed by atoms with Crippen LogP contribution in [0.4, 0.5) is 5.69 Å². The zero-order valence-electron chi connectivity index (χ0n) is 7.08. The van der Waals surface area contributed by atoms with E-state index in [9.17, 15) is 4.79 Å². The lowest BCUT2D eigenvalue weighted by Gasteiger charge is -2.04. The third-order valence-corrected chi connectivity index (χ3v) is 1.59. The molecule has 0 atom stereocenters. The molecule has 0 radical (unpaired) electrons. The highest BCUT2D eigenvalue weighted by molar-refractivity contribution is 5.72. The molecule has 0 saturated carbocycles. The smallest absolute Gasteiger partial charge is 0.211 e. The van der Waals surface area contributed by atoms with Crippen LogP contribution < -0.4 is 5.32 Å². The maximum atomic E-state index is 10.2. The summed E-state index contributed by atoms with van der Waals surface area (Å²) in [4.78, 5) is 14.4. The van der Waals surface area contributed by atoms with E-state index in [4.69, 9.17) is 0 Å². The third kappa shape index (κ3) is 2.05. The van der Waals surface area contributed by atoms with Gasteiger partial charge in [-0.3, -0.25) is 9.78 Å². The van der Waals surface area contributed by atoms with Crippen molar-refractivity contribution in [3.05, 3.63) is 24.0 Å².